The molecule has 6 nitrogen and oxygen atoms in total. The molecule has 3 aromatic rings. The highest BCUT2D eigenvalue weighted by Crippen LogP contribution is 2.45. The summed E-state index contributed by atoms with van der Waals surface area (Å²) in [6.07, 6.45) is 3.06. The Labute approximate surface area is 225 Å². The maximum Gasteiger partial charge on any atom is 0.175 e. The first kappa shape index (κ1) is 27.6. The third-order valence-corrected chi connectivity index (χ3v) is 8.13. The van der Waals surface area contributed by atoms with Gasteiger partial charge in [-0.3, -0.25) is 9.69 Å². The van der Waals surface area contributed by atoms with Crippen molar-refractivity contribution in [2.75, 3.05) is 27.0 Å². The topological polar surface area (TPSA) is 72.9 Å². The number of methoxy groups -OCH3 is 2. The first-order valence-electron chi connectivity index (χ1n) is 12.5. The highest BCUT2D eigenvalue weighted by atomic mass is 32.2. The third kappa shape index (κ3) is 5.84. The lowest BCUT2D eigenvalue weighted by Gasteiger charge is -2.45. The molecular formula is C31H35NO5S. The van der Waals surface area contributed by atoms with Crippen molar-refractivity contribution in [1.82, 2.24) is 4.90 Å². The number of hydrogen-bond donors (Lipinski definition) is 0. The monoisotopic (exact) mass is 533 g/mol. The third-order valence-electron chi connectivity index (χ3n) is 7.00. The van der Waals surface area contributed by atoms with Crippen LogP contribution in [0.2, 0.25) is 0 Å². The van der Waals surface area contributed by atoms with Gasteiger partial charge < -0.3 is 9.47 Å². The van der Waals surface area contributed by atoms with Crippen LogP contribution >= 0.6 is 0 Å². The lowest BCUT2D eigenvalue weighted by Crippen LogP contribution is -2.49. The highest BCUT2D eigenvalue weighted by Gasteiger charge is 2.44. The molecule has 1 aliphatic rings. The number of rotatable bonds is 7. The molecule has 3 aromatic carbocycles. The molecule has 0 N–H and O–H groups in total. The van der Waals surface area contributed by atoms with Crippen molar-refractivity contribution in [3.63, 3.8) is 0 Å². The van der Waals surface area contributed by atoms with Crippen molar-refractivity contribution < 1.29 is 22.7 Å². The van der Waals surface area contributed by atoms with E-state index in [-0.39, 0.29) is 10.7 Å². The van der Waals surface area contributed by atoms with Crippen molar-refractivity contribution >= 4 is 21.7 Å². The van der Waals surface area contributed by atoms with Gasteiger partial charge in [-0.15, -0.1) is 0 Å². The minimum absolute atomic E-state index is 0.0414. The fourth-order valence-corrected chi connectivity index (χ4v) is 5.64. The lowest BCUT2D eigenvalue weighted by molar-refractivity contribution is -0.128. The van der Waals surface area contributed by atoms with E-state index < -0.39 is 21.3 Å². The molecule has 1 saturated heterocycles. The Morgan fingerprint density at radius 1 is 0.974 bits per heavy atom. The maximum atomic E-state index is 14.0. The number of sulfone groups is 1. The number of carbonyl (C=O) groups excluding carboxylic acids is 1. The molecule has 4 rings (SSSR count). The SMILES string of the molecule is COc1ccc(OC)c(C2C(=Cc3ccc(S(C)(=O)=O)cc3)C(=O)C(C)(C)CN2Cc2ccc(C)cc2)c1. The predicted octanol–water partition coefficient (Wildman–Crippen LogP) is 5.65. The smallest absolute Gasteiger partial charge is 0.175 e. The summed E-state index contributed by atoms with van der Waals surface area (Å²) in [7, 11) is -0.0868. The predicted molar refractivity (Wildman–Crippen MR) is 150 cm³/mol. The molecule has 1 fully saturated rings. The van der Waals surface area contributed by atoms with Crippen LogP contribution in [0.15, 0.2) is 77.2 Å². The Kier molecular flexibility index (Phi) is 7.81. The number of Topliss-reactive ketones (excluding diaryl/α,β-unsaturated/α-hetero) is 1. The summed E-state index contributed by atoms with van der Waals surface area (Å²) in [5, 5.41) is 0. The zero-order valence-electron chi connectivity index (χ0n) is 22.8. The minimum Gasteiger partial charge on any atom is -0.497 e. The Morgan fingerprint density at radius 2 is 1.63 bits per heavy atom. The first-order valence-corrected chi connectivity index (χ1v) is 14.4. The fraction of sp³-hybridized carbons (Fsp3) is 0.323. The molecule has 38 heavy (non-hydrogen) atoms. The second-order valence-electron chi connectivity index (χ2n) is 10.6. The molecule has 1 aliphatic heterocycles. The Morgan fingerprint density at radius 3 is 2.21 bits per heavy atom. The summed E-state index contributed by atoms with van der Waals surface area (Å²) in [5.74, 6) is 1.38. The number of ether oxygens (including phenoxy) is 2. The highest BCUT2D eigenvalue weighted by molar-refractivity contribution is 7.90. The number of benzene rings is 3. The normalized spacial score (nSPS) is 18.9. The van der Waals surface area contributed by atoms with Gasteiger partial charge in [0, 0.05) is 35.9 Å². The molecular weight excluding hydrogens is 498 g/mol. The van der Waals surface area contributed by atoms with E-state index in [9.17, 15) is 13.2 Å². The molecule has 7 heteroatoms. The van der Waals surface area contributed by atoms with Crippen molar-refractivity contribution in [1.29, 1.82) is 0 Å². The summed E-state index contributed by atoms with van der Waals surface area (Å²) in [6.45, 7) is 7.18. The van der Waals surface area contributed by atoms with Crippen molar-refractivity contribution in [2.24, 2.45) is 5.41 Å². The molecule has 0 aliphatic carbocycles. The van der Waals surface area contributed by atoms with Crippen LogP contribution in [0, 0.1) is 12.3 Å². The summed E-state index contributed by atoms with van der Waals surface area (Å²) in [5.41, 5.74) is 3.90. The second-order valence-corrected chi connectivity index (χ2v) is 12.6. The van der Waals surface area contributed by atoms with Crippen LogP contribution in [0.1, 0.15) is 42.1 Å². The number of nitrogens with zero attached hydrogens (tertiary/aromatic N) is 1. The number of carbonyl (C=O) groups is 1. The summed E-state index contributed by atoms with van der Waals surface area (Å²) in [6, 6.07) is 20.3. The summed E-state index contributed by atoms with van der Waals surface area (Å²) in [4.78, 5) is 16.5. The van der Waals surface area contributed by atoms with Gasteiger partial charge in [0.2, 0.25) is 0 Å². The zero-order chi connectivity index (χ0) is 27.7. The molecule has 1 unspecified atom stereocenters. The van der Waals surface area contributed by atoms with E-state index in [2.05, 4.69) is 36.1 Å². The van der Waals surface area contributed by atoms with Gasteiger partial charge >= 0.3 is 0 Å². The number of hydrogen-bond acceptors (Lipinski definition) is 6. The molecule has 1 atom stereocenters. The van der Waals surface area contributed by atoms with Gasteiger partial charge in [0.1, 0.15) is 11.5 Å². The summed E-state index contributed by atoms with van der Waals surface area (Å²) < 4.78 is 35.3. The quantitative estimate of drug-likeness (QED) is 0.366. The molecule has 200 valence electrons. The van der Waals surface area contributed by atoms with Gasteiger partial charge in [0.15, 0.2) is 15.6 Å². The van der Waals surface area contributed by atoms with Crippen LogP contribution in [0.25, 0.3) is 6.08 Å². The van der Waals surface area contributed by atoms with E-state index in [1.807, 2.05) is 38.1 Å². The number of likely N-dealkylation sites (tertiary alicyclic amines) is 1. The van der Waals surface area contributed by atoms with Crippen LogP contribution in [-0.2, 0) is 21.2 Å². The molecule has 0 aromatic heterocycles. The van der Waals surface area contributed by atoms with Gasteiger partial charge in [-0.25, -0.2) is 8.42 Å². The minimum atomic E-state index is -3.33. The summed E-state index contributed by atoms with van der Waals surface area (Å²) >= 11 is 0. The number of ketones is 1. The standard InChI is InChI=1S/C31H35NO5S/c1-21-7-9-23(10-8-21)19-32-20-31(2,3)30(33)27(17-22-11-14-25(15-12-22)38(6,34)35)29(32)26-18-24(36-4)13-16-28(26)37-5/h7-18,29H,19-20H2,1-6H3. The average Bonchev–Trinajstić information content (AvgIpc) is 2.88. The fourth-order valence-electron chi connectivity index (χ4n) is 5.01. The molecule has 1 heterocycles. The largest absolute Gasteiger partial charge is 0.497 e. The molecule has 0 spiro atoms. The first-order chi connectivity index (χ1) is 17.9. The van der Waals surface area contributed by atoms with Gasteiger partial charge in [0.05, 0.1) is 25.2 Å². The van der Waals surface area contributed by atoms with Gasteiger partial charge in [-0.05, 0) is 54.5 Å². The average molecular weight is 534 g/mol. The Bertz CT molecular complexity index is 1460. The lowest BCUT2D eigenvalue weighted by atomic mass is 9.74. The maximum absolute atomic E-state index is 14.0. The zero-order valence-corrected chi connectivity index (χ0v) is 23.6. The molecule has 0 amide bonds. The molecule has 0 saturated carbocycles. The van der Waals surface area contributed by atoms with E-state index in [0.717, 1.165) is 16.7 Å². The van der Waals surface area contributed by atoms with E-state index in [0.29, 0.717) is 30.2 Å². The van der Waals surface area contributed by atoms with Gasteiger partial charge in [0.25, 0.3) is 0 Å². The van der Waals surface area contributed by atoms with Crippen LogP contribution in [0.3, 0.4) is 0 Å². The van der Waals surface area contributed by atoms with Crippen LogP contribution in [-0.4, -0.2) is 46.1 Å². The van der Waals surface area contributed by atoms with Gasteiger partial charge in [-0.2, -0.15) is 0 Å². The molecule has 0 bridgehead atoms. The molecule has 0 radical (unpaired) electrons. The van der Waals surface area contributed by atoms with Crippen molar-refractivity contribution in [3.05, 3.63) is 94.6 Å². The van der Waals surface area contributed by atoms with Gasteiger partial charge in [-0.1, -0.05) is 55.8 Å². The number of aryl methyl sites for hydroxylation is 1. The van der Waals surface area contributed by atoms with Crippen LogP contribution < -0.4 is 9.47 Å². The Hall–Kier alpha value is -3.42. The number of piperidine rings is 1. The van der Waals surface area contributed by atoms with E-state index in [1.165, 1.54) is 11.8 Å². The van der Waals surface area contributed by atoms with E-state index in [1.54, 1.807) is 38.5 Å². The van der Waals surface area contributed by atoms with E-state index in [4.69, 9.17) is 9.47 Å². The Balaban J connectivity index is 1.91. The van der Waals surface area contributed by atoms with E-state index >= 15 is 0 Å². The van der Waals surface area contributed by atoms with Crippen LogP contribution in [0.5, 0.6) is 11.5 Å². The van der Waals surface area contributed by atoms with Crippen LogP contribution in [0.4, 0.5) is 0 Å². The second kappa shape index (κ2) is 10.8. The van der Waals surface area contributed by atoms with Crippen molar-refractivity contribution in [2.45, 2.75) is 38.3 Å². The van der Waals surface area contributed by atoms with Crippen molar-refractivity contribution in [3.8, 4) is 11.5 Å².